The van der Waals surface area contributed by atoms with Gasteiger partial charge in [-0.15, -0.1) is 0 Å². The Balaban J connectivity index is 1.55. The van der Waals surface area contributed by atoms with Gasteiger partial charge in [0, 0.05) is 31.7 Å². The molecule has 3 rings (SSSR count). The molecule has 1 aliphatic heterocycles. The number of hydrogen-bond acceptors (Lipinski definition) is 4. The summed E-state index contributed by atoms with van der Waals surface area (Å²) in [5.41, 5.74) is 1.62. The summed E-state index contributed by atoms with van der Waals surface area (Å²) in [6.07, 6.45) is 4.66. The van der Waals surface area contributed by atoms with Crippen molar-refractivity contribution in [1.82, 2.24) is 10.2 Å². The third-order valence-electron chi connectivity index (χ3n) is 5.11. The van der Waals surface area contributed by atoms with E-state index in [1.165, 1.54) is 12.1 Å². The lowest BCUT2D eigenvalue weighted by Crippen LogP contribution is -2.35. The molecule has 2 aromatic carbocycles. The van der Waals surface area contributed by atoms with E-state index in [0.29, 0.717) is 16.9 Å². The topological polar surface area (TPSA) is 70.7 Å². The Kier molecular flexibility index (Phi) is 8.20. The molecule has 2 N–H and O–H groups in total. The Bertz CT molecular complexity index is 867. The van der Waals surface area contributed by atoms with Crippen molar-refractivity contribution in [3.8, 4) is 5.75 Å². The van der Waals surface area contributed by atoms with Crippen LogP contribution in [0.15, 0.2) is 48.5 Å². The number of alkyl halides is 2. The molecule has 0 saturated carbocycles. The zero-order valence-corrected chi connectivity index (χ0v) is 17.3. The fourth-order valence-corrected chi connectivity index (χ4v) is 3.52. The number of likely N-dealkylation sites (tertiary alicyclic amines) is 1. The average Bonchev–Trinajstić information content (AvgIpc) is 3.05. The molecule has 0 unspecified atom stereocenters. The lowest BCUT2D eigenvalue weighted by Gasteiger charge is -2.20. The number of ether oxygens (including phenoxy) is 1. The number of halogens is 2. The summed E-state index contributed by atoms with van der Waals surface area (Å²) in [4.78, 5) is 26.9. The summed E-state index contributed by atoms with van der Waals surface area (Å²) in [5.74, 6) is -0.162. The quantitative estimate of drug-likeness (QED) is 0.643. The van der Waals surface area contributed by atoms with Crippen molar-refractivity contribution in [1.29, 1.82) is 0 Å². The van der Waals surface area contributed by atoms with Gasteiger partial charge in [0.2, 0.25) is 5.91 Å². The van der Waals surface area contributed by atoms with Crippen LogP contribution < -0.4 is 15.4 Å². The number of carbonyl (C=O) groups excluding carboxylic acids is 2. The van der Waals surface area contributed by atoms with E-state index in [9.17, 15) is 18.4 Å². The van der Waals surface area contributed by atoms with Crippen LogP contribution in [-0.4, -0.2) is 43.0 Å². The standard InChI is InChI=1S/C23H27F2N3O3/c24-23(25)31-18-11-9-17(10-12-18)27-20-8-4-3-7-19(20)22(30)26-14-13-21(29)28-15-5-1-2-6-16-28/h3-4,7-12,23,27H,1-2,5-6,13-16H2,(H,26,30). The van der Waals surface area contributed by atoms with Gasteiger partial charge in [0.25, 0.3) is 5.91 Å². The van der Waals surface area contributed by atoms with E-state index >= 15 is 0 Å². The van der Waals surface area contributed by atoms with Crippen molar-refractivity contribution in [2.24, 2.45) is 0 Å². The van der Waals surface area contributed by atoms with Crippen molar-refractivity contribution in [3.63, 3.8) is 0 Å². The summed E-state index contributed by atoms with van der Waals surface area (Å²) in [7, 11) is 0. The molecule has 0 spiro atoms. The van der Waals surface area contributed by atoms with E-state index in [1.807, 2.05) is 4.90 Å². The van der Waals surface area contributed by atoms with Crippen molar-refractivity contribution < 1.29 is 23.1 Å². The van der Waals surface area contributed by atoms with Gasteiger partial charge in [-0.05, 0) is 49.2 Å². The molecule has 6 nitrogen and oxygen atoms in total. The second-order valence-corrected chi connectivity index (χ2v) is 7.37. The number of rotatable bonds is 8. The maximum Gasteiger partial charge on any atom is 0.387 e. The van der Waals surface area contributed by atoms with Crippen LogP contribution in [-0.2, 0) is 4.79 Å². The van der Waals surface area contributed by atoms with Gasteiger partial charge in [-0.2, -0.15) is 8.78 Å². The van der Waals surface area contributed by atoms with Crippen LogP contribution in [0.3, 0.4) is 0 Å². The fourth-order valence-electron chi connectivity index (χ4n) is 3.52. The van der Waals surface area contributed by atoms with E-state index < -0.39 is 6.61 Å². The fraction of sp³-hybridized carbons (Fsp3) is 0.391. The van der Waals surface area contributed by atoms with Crippen LogP contribution in [0.2, 0.25) is 0 Å². The van der Waals surface area contributed by atoms with Crippen LogP contribution in [0.1, 0.15) is 42.5 Å². The first-order valence-electron chi connectivity index (χ1n) is 10.5. The summed E-state index contributed by atoms with van der Waals surface area (Å²) in [5, 5.41) is 5.92. The Hall–Kier alpha value is -3.16. The zero-order valence-electron chi connectivity index (χ0n) is 17.3. The second kappa shape index (κ2) is 11.3. The van der Waals surface area contributed by atoms with E-state index in [0.717, 1.165) is 38.8 Å². The lowest BCUT2D eigenvalue weighted by atomic mass is 10.1. The number of carbonyl (C=O) groups is 2. The monoisotopic (exact) mass is 431 g/mol. The maximum absolute atomic E-state index is 12.7. The maximum atomic E-state index is 12.7. The smallest absolute Gasteiger partial charge is 0.387 e. The molecule has 0 radical (unpaired) electrons. The van der Waals surface area contributed by atoms with Gasteiger partial charge in [-0.25, -0.2) is 0 Å². The van der Waals surface area contributed by atoms with E-state index in [1.54, 1.807) is 36.4 Å². The number of hydrogen-bond donors (Lipinski definition) is 2. The summed E-state index contributed by atoms with van der Waals surface area (Å²) >= 11 is 0. The third-order valence-corrected chi connectivity index (χ3v) is 5.11. The van der Waals surface area contributed by atoms with Crippen molar-refractivity contribution in [2.45, 2.75) is 38.7 Å². The molecule has 1 fully saturated rings. The number of benzene rings is 2. The summed E-state index contributed by atoms with van der Waals surface area (Å²) < 4.78 is 28.9. The van der Waals surface area contributed by atoms with Crippen LogP contribution in [0.4, 0.5) is 20.2 Å². The molecular weight excluding hydrogens is 404 g/mol. The van der Waals surface area contributed by atoms with Gasteiger partial charge in [-0.3, -0.25) is 9.59 Å². The summed E-state index contributed by atoms with van der Waals surface area (Å²) in [6.45, 7) is -1.03. The van der Waals surface area contributed by atoms with Gasteiger partial charge >= 0.3 is 6.61 Å². The van der Waals surface area contributed by atoms with Gasteiger partial charge in [0.05, 0.1) is 11.3 Å². The molecule has 8 heteroatoms. The normalized spacial score (nSPS) is 14.1. The number of anilines is 2. The van der Waals surface area contributed by atoms with Crippen molar-refractivity contribution in [2.75, 3.05) is 25.0 Å². The van der Waals surface area contributed by atoms with Gasteiger partial charge < -0.3 is 20.3 Å². The third kappa shape index (κ3) is 6.94. The highest BCUT2D eigenvalue weighted by Gasteiger charge is 2.16. The molecule has 166 valence electrons. The largest absolute Gasteiger partial charge is 0.435 e. The molecular formula is C23H27F2N3O3. The van der Waals surface area contributed by atoms with Crippen LogP contribution in [0.25, 0.3) is 0 Å². The molecule has 1 aliphatic rings. The van der Waals surface area contributed by atoms with Gasteiger partial charge in [-0.1, -0.05) is 25.0 Å². The minimum Gasteiger partial charge on any atom is -0.435 e. The first-order chi connectivity index (χ1) is 15.0. The predicted molar refractivity (Wildman–Crippen MR) is 115 cm³/mol. The van der Waals surface area contributed by atoms with Crippen LogP contribution in [0, 0.1) is 0 Å². The molecule has 2 aromatic rings. The summed E-state index contributed by atoms with van der Waals surface area (Å²) in [6, 6.07) is 13.0. The minimum absolute atomic E-state index is 0.0562. The lowest BCUT2D eigenvalue weighted by molar-refractivity contribution is -0.131. The SMILES string of the molecule is O=C(NCCC(=O)N1CCCCCC1)c1ccccc1Nc1ccc(OC(F)F)cc1. The van der Waals surface area contributed by atoms with Gasteiger partial charge in [0.15, 0.2) is 0 Å². The first-order valence-corrected chi connectivity index (χ1v) is 10.5. The van der Waals surface area contributed by atoms with E-state index in [4.69, 9.17) is 0 Å². The Morgan fingerprint density at radius 2 is 1.65 bits per heavy atom. The Labute approximate surface area is 180 Å². The second-order valence-electron chi connectivity index (χ2n) is 7.37. The van der Waals surface area contributed by atoms with Crippen LogP contribution >= 0.6 is 0 Å². The number of nitrogens with one attached hydrogen (secondary N) is 2. The molecule has 0 atom stereocenters. The Morgan fingerprint density at radius 1 is 0.968 bits per heavy atom. The van der Waals surface area contributed by atoms with Crippen LogP contribution in [0.5, 0.6) is 5.75 Å². The highest BCUT2D eigenvalue weighted by atomic mass is 19.3. The van der Waals surface area contributed by atoms with Crippen molar-refractivity contribution >= 4 is 23.2 Å². The molecule has 31 heavy (non-hydrogen) atoms. The molecule has 0 bridgehead atoms. The average molecular weight is 431 g/mol. The highest BCUT2D eigenvalue weighted by Crippen LogP contribution is 2.23. The predicted octanol–water partition coefficient (Wildman–Crippen LogP) is 4.55. The minimum atomic E-state index is -2.88. The van der Waals surface area contributed by atoms with Crippen molar-refractivity contribution in [3.05, 3.63) is 54.1 Å². The first kappa shape index (κ1) is 22.5. The molecule has 1 saturated heterocycles. The Morgan fingerprint density at radius 3 is 2.32 bits per heavy atom. The molecule has 0 aliphatic carbocycles. The van der Waals surface area contributed by atoms with E-state index in [2.05, 4.69) is 15.4 Å². The molecule has 2 amide bonds. The van der Waals surface area contributed by atoms with E-state index in [-0.39, 0.29) is 30.5 Å². The van der Waals surface area contributed by atoms with Gasteiger partial charge in [0.1, 0.15) is 5.75 Å². The molecule has 1 heterocycles. The number of nitrogens with zero attached hydrogens (tertiary/aromatic N) is 1. The highest BCUT2D eigenvalue weighted by molar-refractivity contribution is 6.00. The zero-order chi connectivity index (χ0) is 22.1. The molecule has 0 aromatic heterocycles. The number of amides is 2. The number of para-hydroxylation sites is 1.